The van der Waals surface area contributed by atoms with E-state index in [9.17, 15) is 0 Å². The molecule has 0 radical (unpaired) electrons. The van der Waals surface area contributed by atoms with Crippen LogP contribution in [0.4, 0.5) is 0 Å². The molecule has 0 rings (SSSR count). The molecule has 0 spiro atoms. The zero-order valence-electron chi connectivity index (χ0n) is 6.53. The lowest BCUT2D eigenvalue weighted by atomic mass is 10.3. The summed E-state index contributed by atoms with van der Waals surface area (Å²) in [6.45, 7) is 3.74. The number of hydrogen-bond acceptors (Lipinski definition) is 4. The number of nitriles is 2. The molecule has 1 unspecified atom stereocenters. The molecule has 0 aromatic rings. The molecule has 0 aromatic carbocycles. The van der Waals surface area contributed by atoms with Crippen molar-refractivity contribution in [2.24, 2.45) is 5.16 Å². The number of oxime groups is 1. The summed E-state index contributed by atoms with van der Waals surface area (Å²) in [7, 11) is 0. The number of rotatable bonds is 3. The Labute approximate surface area is 65.7 Å². The first-order valence-corrected chi connectivity index (χ1v) is 3.28. The fraction of sp³-hybridized carbons (Fsp3) is 0.571. The highest BCUT2D eigenvalue weighted by molar-refractivity contribution is 6.09. The van der Waals surface area contributed by atoms with Crippen molar-refractivity contribution < 1.29 is 4.84 Å². The van der Waals surface area contributed by atoms with Gasteiger partial charge in [-0.05, 0) is 13.3 Å². The Morgan fingerprint density at radius 3 is 2.45 bits per heavy atom. The highest BCUT2D eigenvalue weighted by atomic mass is 16.6. The van der Waals surface area contributed by atoms with Crippen LogP contribution in [0.1, 0.15) is 20.3 Å². The van der Waals surface area contributed by atoms with Gasteiger partial charge in [-0.2, -0.15) is 10.5 Å². The molecule has 0 fully saturated rings. The first-order valence-electron chi connectivity index (χ1n) is 3.28. The molecule has 0 N–H and O–H groups in total. The highest BCUT2D eigenvalue weighted by Gasteiger charge is 1.98. The fourth-order valence-electron chi connectivity index (χ4n) is 0.283. The molecule has 0 saturated carbocycles. The van der Waals surface area contributed by atoms with E-state index >= 15 is 0 Å². The van der Waals surface area contributed by atoms with E-state index in [1.807, 2.05) is 13.8 Å². The summed E-state index contributed by atoms with van der Waals surface area (Å²) < 4.78 is 0. The maximum Gasteiger partial charge on any atom is 0.256 e. The van der Waals surface area contributed by atoms with Crippen molar-refractivity contribution in [3.63, 3.8) is 0 Å². The molecular formula is C7H9N3O. The lowest BCUT2D eigenvalue weighted by molar-refractivity contribution is 0.0706. The van der Waals surface area contributed by atoms with Gasteiger partial charge >= 0.3 is 0 Å². The van der Waals surface area contributed by atoms with Crippen molar-refractivity contribution in [1.29, 1.82) is 10.5 Å². The molecule has 0 aliphatic heterocycles. The van der Waals surface area contributed by atoms with E-state index in [2.05, 4.69) is 5.16 Å². The molecule has 0 saturated heterocycles. The molecule has 58 valence electrons. The minimum atomic E-state index is -0.245. The largest absolute Gasteiger partial charge is 0.391 e. The van der Waals surface area contributed by atoms with Crippen molar-refractivity contribution in [3.8, 4) is 12.1 Å². The Morgan fingerprint density at radius 2 is 2.09 bits per heavy atom. The van der Waals surface area contributed by atoms with E-state index < -0.39 is 0 Å². The molecule has 1 atom stereocenters. The van der Waals surface area contributed by atoms with Crippen LogP contribution in [0.25, 0.3) is 0 Å². The van der Waals surface area contributed by atoms with Crippen LogP contribution >= 0.6 is 0 Å². The summed E-state index contributed by atoms with van der Waals surface area (Å²) in [4.78, 5) is 4.78. The van der Waals surface area contributed by atoms with Crippen LogP contribution in [-0.4, -0.2) is 11.8 Å². The molecule has 11 heavy (non-hydrogen) atoms. The van der Waals surface area contributed by atoms with Gasteiger partial charge in [-0.15, -0.1) is 0 Å². The van der Waals surface area contributed by atoms with Crippen molar-refractivity contribution in [2.45, 2.75) is 26.4 Å². The SMILES string of the molecule is CCC(C)ON=C(C#N)C#N. The van der Waals surface area contributed by atoms with E-state index in [-0.39, 0.29) is 11.8 Å². The van der Waals surface area contributed by atoms with Crippen LogP contribution in [0.5, 0.6) is 0 Å². The predicted molar refractivity (Wildman–Crippen MR) is 39.5 cm³/mol. The fourth-order valence-corrected chi connectivity index (χ4v) is 0.283. The van der Waals surface area contributed by atoms with E-state index in [0.29, 0.717) is 0 Å². The van der Waals surface area contributed by atoms with Crippen LogP contribution < -0.4 is 0 Å². The smallest absolute Gasteiger partial charge is 0.256 e. The summed E-state index contributed by atoms with van der Waals surface area (Å²) in [5, 5.41) is 19.8. The normalized spacial score (nSPS) is 10.5. The third-order valence-corrected chi connectivity index (χ3v) is 1.11. The molecule has 4 nitrogen and oxygen atoms in total. The van der Waals surface area contributed by atoms with Gasteiger partial charge in [-0.1, -0.05) is 12.1 Å². The van der Waals surface area contributed by atoms with Crippen molar-refractivity contribution >= 4 is 5.71 Å². The monoisotopic (exact) mass is 151 g/mol. The van der Waals surface area contributed by atoms with Crippen molar-refractivity contribution in [2.75, 3.05) is 0 Å². The van der Waals surface area contributed by atoms with Gasteiger partial charge in [0.1, 0.15) is 18.2 Å². The Hall–Kier alpha value is -1.55. The summed E-state index contributed by atoms with van der Waals surface area (Å²) in [5.74, 6) is 0. The zero-order valence-corrected chi connectivity index (χ0v) is 6.53. The molecule has 0 amide bonds. The van der Waals surface area contributed by atoms with Crippen LogP contribution in [-0.2, 0) is 4.84 Å². The second-order valence-electron chi connectivity index (χ2n) is 1.99. The first kappa shape index (κ1) is 9.45. The van der Waals surface area contributed by atoms with Crippen LogP contribution in [0.3, 0.4) is 0 Å². The van der Waals surface area contributed by atoms with E-state index in [1.54, 1.807) is 12.1 Å². The molecule has 0 bridgehead atoms. The first-order chi connectivity index (χ1) is 5.24. The van der Waals surface area contributed by atoms with Gasteiger partial charge in [-0.25, -0.2) is 0 Å². The predicted octanol–water partition coefficient (Wildman–Crippen LogP) is 1.20. The van der Waals surface area contributed by atoms with Gasteiger partial charge < -0.3 is 4.84 Å². The van der Waals surface area contributed by atoms with Gasteiger partial charge in [-0.3, -0.25) is 0 Å². The number of nitrogens with zero attached hydrogens (tertiary/aromatic N) is 3. The minimum Gasteiger partial charge on any atom is -0.391 e. The average Bonchev–Trinajstić information content (AvgIpc) is 2.06. The minimum absolute atomic E-state index is 0.0494. The summed E-state index contributed by atoms with van der Waals surface area (Å²) in [5.41, 5.74) is -0.245. The third-order valence-electron chi connectivity index (χ3n) is 1.11. The standard InChI is InChI=1S/C7H9N3O/c1-3-6(2)11-10-7(4-8)5-9/h6H,3H2,1-2H3. The molecule has 4 heteroatoms. The Kier molecular flexibility index (Phi) is 4.51. The second kappa shape index (κ2) is 5.25. The topological polar surface area (TPSA) is 69.2 Å². The Morgan fingerprint density at radius 1 is 1.55 bits per heavy atom. The molecule has 0 aromatic heterocycles. The van der Waals surface area contributed by atoms with Crippen molar-refractivity contribution in [3.05, 3.63) is 0 Å². The van der Waals surface area contributed by atoms with Gasteiger partial charge in [0.2, 0.25) is 0 Å². The quantitative estimate of drug-likeness (QED) is 0.449. The van der Waals surface area contributed by atoms with Gasteiger partial charge in [0, 0.05) is 0 Å². The maximum atomic E-state index is 8.23. The lowest BCUT2D eigenvalue weighted by Gasteiger charge is -2.03. The second-order valence-corrected chi connectivity index (χ2v) is 1.99. The lowest BCUT2D eigenvalue weighted by Crippen LogP contribution is -2.03. The zero-order chi connectivity index (χ0) is 8.69. The summed E-state index contributed by atoms with van der Waals surface area (Å²) >= 11 is 0. The van der Waals surface area contributed by atoms with E-state index in [1.165, 1.54) is 0 Å². The number of hydrogen-bond donors (Lipinski definition) is 0. The Balaban J connectivity index is 3.94. The van der Waals surface area contributed by atoms with E-state index in [0.717, 1.165) is 6.42 Å². The highest BCUT2D eigenvalue weighted by Crippen LogP contribution is 1.95. The van der Waals surface area contributed by atoms with Gasteiger partial charge in [0.05, 0.1) is 0 Å². The van der Waals surface area contributed by atoms with Gasteiger partial charge in [0.25, 0.3) is 5.71 Å². The van der Waals surface area contributed by atoms with Gasteiger partial charge in [0.15, 0.2) is 0 Å². The molecule has 0 aliphatic carbocycles. The summed E-state index contributed by atoms with van der Waals surface area (Å²) in [6.07, 6.45) is 0.750. The van der Waals surface area contributed by atoms with Crippen LogP contribution in [0.2, 0.25) is 0 Å². The maximum absolute atomic E-state index is 8.23. The molecular weight excluding hydrogens is 142 g/mol. The third kappa shape index (κ3) is 3.94. The Bertz CT molecular complexity index is 205. The van der Waals surface area contributed by atoms with Crippen LogP contribution in [0.15, 0.2) is 5.16 Å². The summed E-state index contributed by atoms with van der Waals surface area (Å²) in [6, 6.07) is 3.19. The van der Waals surface area contributed by atoms with Crippen LogP contribution in [0, 0.1) is 22.7 Å². The van der Waals surface area contributed by atoms with E-state index in [4.69, 9.17) is 15.4 Å². The average molecular weight is 151 g/mol. The van der Waals surface area contributed by atoms with Crippen molar-refractivity contribution in [1.82, 2.24) is 0 Å². The molecule has 0 aliphatic rings. The molecule has 0 heterocycles.